The standard InChI is InChI=1S/C16H22N2O/c1-18-14-9-5-6-10-16(19)17-13(14)11-15(18)12-7-3-2-4-8-12/h2-4,7-8,13-15H,5-6,9-11H2,1H3,(H,17,19)/t13-,14+,15+/m1/s1. The van der Waals surface area contributed by atoms with Gasteiger partial charge in [0.15, 0.2) is 0 Å². The van der Waals surface area contributed by atoms with E-state index < -0.39 is 0 Å². The molecule has 2 aliphatic rings. The molecule has 0 spiro atoms. The van der Waals surface area contributed by atoms with Crippen LogP contribution < -0.4 is 5.32 Å². The number of amides is 1. The second-order valence-electron chi connectivity index (χ2n) is 5.81. The molecule has 3 atom stereocenters. The van der Waals surface area contributed by atoms with Gasteiger partial charge in [-0.1, -0.05) is 36.8 Å². The lowest BCUT2D eigenvalue weighted by atomic mass is 9.97. The van der Waals surface area contributed by atoms with Crippen molar-refractivity contribution in [3.8, 4) is 0 Å². The van der Waals surface area contributed by atoms with Gasteiger partial charge in [-0.3, -0.25) is 9.69 Å². The molecule has 2 saturated heterocycles. The number of benzene rings is 1. The normalized spacial score (nSPS) is 32.3. The average molecular weight is 258 g/mol. The van der Waals surface area contributed by atoms with Crippen LogP contribution in [0.25, 0.3) is 0 Å². The summed E-state index contributed by atoms with van der Waals surface area (Å²) in [5, 5.41) is 3.23. The summed E-state index contributed by atoms with van der Waals surface area (Å²) in [6.07, 6.45) is 5.13. The van der Waals surface area contributed by atoms with E-state index in [1.165, 1.54) is 18.4 Å². The molecule has 0 aromatic heterocycles. The number of nitrogens with zero attached hydrogens (tertiary/aromatic N) is 1. The molecule has 3 nitrogen and oxygen atoms in total. The SMILES string of the molecule is CN1[C@H](c2ccccc2)C[C@H]2NC(=O)CCCC[C@@H]21. The maximum absolute atomic E-state index is 11.8. The fourth-order valence-corrected chi connectivity index (χ4v) is 3.60. The molecule has 1 aromatic carbocycles. The highest BCUT2D eigenvalue weighted by molar-refractivity contribution is 5.76. The van der Waals surface area contributed by atoms with Gasteiger partial charge in [-0.2, -0.15) is 0 Å². The Labute approximate surface area is 115 Å². The summed E-state index contributed by atoms with van der Waals surface area (Å²) < 4.78 is 0. The van der Waals surface area contributed by atoms with Crippen molar-refractivity contribution in [1.29, 1.82) is 0 Å². The lowest BCUT2D eigenvalue weighted by Gasteiger charge is -2.29. The van der Waals surface area contributed by atoms with Crippen molar-refractivity contribution in [3.05, 3.63) is 35.9 Å². The quantitative estimate of drug-likeness (QED) is 0.839. The van der Waals surface area contributed by atoms with Gasteiger partial charge in [-0.05, 0) is 31.9 Å². The van der Waals surface area contributed by atoms with Crippen molar-refractivity contribution in [2.45, 2.75) is 50.2 Å². The Kier molecular flexibility index (Phi) is 3.56. The number of likely N-dealkylation sites (tertiary alicyclic amines) is 1. The first-order chi connectivity index (χ1) is 9.25. The van der Waals surface area contributed by atoms with E-state index in [0.29, 0.717) is 24.5 Å². The van der Waals surface area contributed by atoms with Crippen LogP contribution in [0.5, 0.6) is 0 Å². The lowest BCUT2D eigenvalue weighted by molar-refractivity contribution is -0.122. The van der Waals surface area contributed by atoms with Crippen LogP contribution in [0.15, 0.2) is 30.3 Å². The molecule has 0 aliphatic carbocycles. The first-order valence-corrected chi connectivity index (χ1v) is 7.32. The number of likely N-dealkylation sites (N-methyl/N-ethyl adjacent to an activating group) is 1. The largest absolute Gasteiger partial charge is 0.352 e. The Bertz CT molecular complexity index is 445. The van der Waals surface area contributed by atoms with Crippen LogP contribution in [0.1, 0.15) is 43.7 Å². The van der Waals surface area contributed by atoms with E-state index in [9.17, 15) is 4.79 Å². The van der Waals surface area contributed by atoms with Gasteiger partial charge in [0, 0.05) is 24.5 Å². The van der Waals surface area contributed by atoms with E-state index in [-0.39, 0.29) is 5.91 Å². The molecule has 2 heterocycles. The number of carbonyl (C=O) groups is 1. The zero-order chi connectivity index (χ0) is 13.2. The van der Waals surface area contributed by atoms with Crippen LogP contribution in [-0.2, 0) is 4.79 Å². The summed E-state index contributed by atoms with van der Waals surface area (Å²) in [7, 11) is 2.20. The summed E-state index contributed by atoms with van der Waals surface area (Å²) >= 11 is 0. The first-order valence-electron chi connectivity index (χ1n) is 7.32. The van der Waals surface area contributed by atoms with Crippen molar-refractivity contribution < 1.29 is 4.79 Å². The summed E-state index contributed by atoms with van der Waals surface area (Å²) in [6, 6.07) is 11.9. The number of fused-ring (bicyclic) bond motifs is 1. The molecule has 1 N–H and O–H groups in total. The zero-order valence-corrected chi connectivity index (χ0v) is 11.5. The number of nitrogens with one attached hydrogen (secondary N) is 1. The summed E-state index contributed by atoms with van der Waals surface area (Å²) in [5.74, 6) is 0.233. The average Bonchev–Trinajstić information content (AvgIpc) is 2.70. The smallest absolute Gasteiger partial charge is 0.220 e. The number of hydrogen-bond donors (Lipinski definition) is 1. The van der Waals surface area contributed by atoms with Gasteiger partial charge in [0.1, 0.15) is 0 Å². The number of carbonyl (C=O) groups excluding carboxylic acids is 1. The van der Waals surface area contributed by atoms with E-state index in [1.54, 1.807) is 0 Å². The van der Waals surface area contributed by atoms with Crippen LogP contribution in [-0.4, -0.2) is 29.9 Å². The van der Waals surface area contributed by atoms with Gasteiger partial charge in [0.25, 0.3) is 0 Å². The van der Waals surface area contributed by atoms with E-state index >= 15 is 0 Å². The Hall–Kier alpha value is -1.35. The van der Waals surface area contributed by atoms with Gasteiger partial charge >= 0.3 is 0 Å². The highest BCUT2D eigenvalue weighted by atomic mass is 16.1. The molecule has 0 unspecified atom stereocenters. The third kappa shape index (κ3) is 2.52. The lowest BCUT2D eigenvalue weighted by Crippen LogP contribution is -2.45. The van der Waals surface area contributed by atoms with Crippen molar-refractivity contribution in [1.82, 2.24) is 10.2 Å². The molecule has 3 rings (SSSR count). The monoisotopic (exact) mass is 258 g/mol. The van der Waals surface area contributed by atoms with Gasteiger partial charge in [0.2, 0.25) is 5.91 Å². The van der Waals surface area contributed by atoms with Gasteiger partial charge < -0.3 is 5.32 Å². The highest BCUT2D eigenvalue weighted by Gasteiger charge is 2.40. The molecule has 0 saturated carbocycles. The van der Waals surface area contributed by atoms with E-state index in [1.807, 2.05) is 0 Å². The molecule has 19 heavy (non-hydrogen) atoms. The van der Waals surface area contributed by atoms with Gasteiger partial charge in [-0.15, -0.1) is 0 Å². The maximum Gasteiger partial charge on any atom is 0.220 e. The predicted octanol–water partition coefficient (Wildman–Crippen LogP) is 2.49. The first kappa shape index (κ1) is 12.7. The van der Waals surface area contributed by atoms with Crippen LogP contribution in [0, 0.1) is 0 Å². The van der Waals surface area contributed by atoms with Crippen LogP contribution in [0.2, 0.25) is 0 Å². The third-order valence-electron chi connectivity index (χ3n) is 4.64. The zero-order valence-electron chi connectivity index (χ0n) is 11.5. The Morgan fingerprint density at radius 2 is 2.00 bits per heavy atom. The molecule has 1 aromatic rings. The number of rotatable bonds is 1. The fraction of sp³-hybridized carbons (Fsp3) is 0.562. The minimum atomic E-state index is 0.233. The molecular weight excluding hydrogens is 236 g/mol. The Morgan fingerprint density at radius 3 is 2.79 bits per heavy atom. The topological polar surface area (TPSA) is 32.3 Å². The summed E-state index contributed by atoms with van der Waals surface area (Å²) in [4.78, 5) is 14.3. The fourth-order valence-electron chi connectivity index (χ4n) is 3.60. The predicted molar refractivity (Wildman–Crippen MR) is 75.7 cm³/mol. The van der Waals surface area contributed by atoms with Gasteiger partial charge in [-0.25, -0.2) is 0 Å². The Morgan fingerprint density at radius 1 is 1.21 bits per heavy atom. The van der Waals surface area contributed by atoms with Crippen molar-refractivity contribution >= 4 is 5.91 Å². The van der Waals surface area contributed by atoms with Gasteiger partial charge in [0.05, 0.1) is 0 Å². The van der Waals surface area contributed by atoms with Crippen molar-refractivity contribution in [2.24, 2.45) is 0 Å². The molecule has 102 valence electrons. The highest BCUT2D eigenvalue weighted by Crippen LogP contribution is 2.37. The molecule has 2 fully saturated rings. The van der Waals surface area contributed by atoms with E-state index in [2.05, 4.69) is 47.6 Å². The second-order valence-corrected chi connectivity index (χ2v) is 5.81. The minimum Gasteiger partial charge on any atom is -0.352 e. The molecule has 2 aliphatic heterocycles. The summed E-state index contributed by atoms with van der Waals surface area (Å²) in [6.45, 7) is 0. The molecule has 0 radical (unpaired) electrons. The Balaban J connectivity index is 1.81. The van der Waals surface area contributed by atoms with Crippen molar-refractivity contribution in [2.75, 3.05) is 7.05 Å². The maximum atomic E-state index is 11.8. The second kappa shape index (κ2) is 5.33. The minimum absolute atomic E-state index is 0.233. The van der Waals surface area contributed by atoms with E-state index in [4.69, 9.17) is 0 Å². The molecule has 3 heteroatoms. The third-order valence-corrected chi connectivity index (χ3v) is 4.64. The molecule has 0 bridgehead atoms. The van der Waals surface area contributed by atoms with Crippen LogP contribution >= 0.6 is 0 Å². The van der Waals surface area contributed by atoms with Crippen molar-refractivity contribution in [3.63, 3.8) is 0 Å². The van der Waals surface area contributed by atoms with E-state index in [0.717, 1.165) is 12.8 Å². The molecular formula is C16H22N2O. The summed E-state index contributed by atoms with van der Waals surface area (Å²) in [5.41, 5.74) is 1.37. The van der Waals surface area contributed by atoms with Crippen LogP contribution in [0.3, 0.4) is 0 Å². The number of hydrogen-bond acceptors (Lipinski definition) is 2. The van der Waals surface area contributed by atoms with Crippen LogP contribution in [0.4, 0.5) is 0 Å². The molecule has 1 amide bonds.